The Balaban J connectivity index is 1.65. The summed E-state index contributed by atoms with van der Waals surface area (Å²) in [6.07, 6.45) is 0. The Kier molecular flexibility index (Phi) is 5.72. The predicted molar refractivity (Wildman–Crippen MR) is 109 cm³/mol. The highest BCUT2D eigenvalue weighted by molar-refractivity contribution is 7.12. The molecule has 4 nitrogen and oxygen atoms in total. The van der Waals surface area contributed by atoms with Gasteiger partial charge in [0.15, 0.2) is 6.61 Å². The van der Waals surface area contributed by atoms with Crippen LogP contribution in [0.4, 0.5) is 5.69 Å². The molecular formula is C22H21NO3S. The lowest BCUT2D eigenvalue weighted by Gasteiger charge is -2.13. The van der Waals surface area contributed by atoms with Crippen molar-refractivity contribution in [2.45, 2.75) is 20.8 Å². The molecule has 0 atom stereocenters. The van der Waals surface area contributed by atoms with E-state index in [4.69, 9.17) is 4.74 Å². The molecule has 3 rings (SSSR count). The van der Waals surface area contributed by atoms with Gasteiger partial charge in [-0.1, -0.05) is 48.0 Å². The van der Waals surface area contributed by atoms with Gasteiger partial charge >= 0.3 is 5.97 Å². The fourth-order valence-electron chi connectivity index (χ4n) is 3.06. The Bertz CT molecular complexity index is 953. The van der Waals surface area contributed by atoms with Crippen LogP contribution in [-0.4, -0.2) is 18.5 Å². The van der Waals surface area contributed by atoms with Gasteiger partial charge in [0, 0.05) is 11.3 Å². The van der Waals surface area contributed by atoms with E-state index >= 15 is 0 Å². The molecule has 1 heterocycles. The van der Waals surface area contributed by atoms with E-state index in [0.717, 1.165) is 33.5 Å². The van der Waals surface area contributed by atoms with Crippen LogP contribution in [0.15, 0.2) is 53.9 Å². The Hall–Kier alpha value is -2.92. The molecule has 1 aromatic heterocycles. The van der Waals surface area contributed by atoms with Gasteiger partial charge in [0.25, 0.3) is 5.91 Å². The number of benzene rings is 2. The van der Waals surface area contributed by atoms with Crippen molar-refractivity contribution in [1.29, 1.82) is 0 Å². The summed E-state index contributed by atoms with van der Waals surface area (Å²) < 4.78 is 5.25. The third-order valence-electron chi connectivity index (χ3n) is 4.21. The van der Waals surface area contributed by atoms with Gasteiger partial charge in [-0.2, -0.15) is 0 Å². The van der Waals surface area contributed by atoms with Gasteiger partial charge in [-0.3, -0.25) is 4.79 Å². The molecule has 0 aliphatic rings. The average Bonchev–Trinajstić information content (AvgIpc) is 3.13. The molecule has 0 spiro atoms. The molecule has 2 aromatic carbocycles. The summed E-state index contributed by atoms with van der Waals surface area (Å²) in [6, 6.07) is 15.5. The molecule has 1 N–H and O–H groups in total. The maximum atomic E-state index is 12.4. The Morgan fingerprint density at radius 2 is 1.67 bits per heavy atom. The van der Waals surface area contributed by atoms with Gasteiger partial charge < -0.3 is 10.1 Å². The zero-order valence-corrected chi connectivity index (χ0v) is 16.4. The van der Waals surface area contributed by atoms with Crippen LogP contribution in [0.3, 0.4) is 0 Å². The second-order valence-corrected chi connectivity index (χ2v) is 7.34. The summed E-state index contributed by atoms with van der Waals surface area (Å²) >= 11 is 1.31. The van der Waals surface area contributed by atoms with Crippen molar-refractivity contribution < 1.29 is 14.3 Å². The van der Waals surface area contributed by atoms with E-state index in [-0.39, 0.29) is 12.5 Å². The van der Waals surface area contributed by atoms with Crippen molar-refractivity contribution in [3.8, 4) is 11.1 Å². The topological polar surface area (TPSA) is 55.4 Å². The lowest BCUT2D eigenvalue weighted by molar-refractivity contribution is -0.119. The smallest absolute Gasteiger partial charge is 0.349 e. The molecule has 0 unspecified atom stereocenters. The Morgan fingerprint density at radius 3 is 2.33 bits per heavy atom. The first kappa shape index (κ1) is 18.9. The van der Waals surface area contributed by atoms with Crippen LogP contribution in [0.5, 0.6) is 0 Å². The number of thiophene rings is 1. The lowest BCUT2D eigenvalue weighted by Crippen LogP contribution is -2.21. The summed E-state index contributed by atoms with van der Waals surface area (Å²) in [4.78, 5) is 25.2. The fraction of sp³-hybridized carbons (Fsp3) is 0.182. The number of hydrogen-bond acceptors (Lipinski definition) is 4. The number of aryl methyl sites for hydroxylation is 3. The first-order valence-corrected chi connectivity index (χ1v) is 9.51. The molecule has 0 fully saturated rings. The van der Waals surface area contributed by atoms with Crippen molar-refractivity contribution in [2.24, 2.45) is 0 Å². The first-order chi connectivity index (χ1) is 13.0. The molecule has 138 valence electrons. The van der Waals surface area contributed by atoms with E-state index in [9.17, 15) is 9.59 Å². The van der Waals surface area contributed by atoms with Gasteiger partial charge in [0.1, 0.15) is 4.88 Å². The summed E-state index contributed by atoms with van der Waals surface area (Å²) in [6.45, 7) is 5.58. The highest BCUT2D eigenvalue weighted by Gasteiger charge is 2.17. The third-order valence-corrected chi connectivity index (χ3v) is 5.11. The fourth-order valence-corrected chi connectivity index (χ4v) is 3.87. The minimum atomic E-state index is -0.489. The molecule has 0 aliphatic heterocycles. The number of amides is 1. The van der Waals surface area contributed by atoms with Crippen LogP contribution in [-0.2, 0) is 9.53 Å². The van der Waals surface area contributed by atoms with Crippen LogP contribution in [0, 0.1) is 20.8 Å². The van der Waals surface area contributed by atoms with E-state index < -0.39 is 5.97 Å². The highest BCUT2D eigenvalue weighted by Crippen LogP contribution is 2.29. The zero-order chi connectivity index (χ0) is 19.4. The van der Waals surface area contributed by atoms with Gasteiger partial charge in [-0.05, 0) is 48.9 Å². The molecule has 0 saturated carbocycles. The Labute approximate surface area is 162 Å². The predicted octanol–water partition coefficient (Wildman–Crippen LogP) is 5.14. The quantitative estimate of drug-likeness (QED) is 0.625. The van der Waals surface area contributed by atoms with E-state index in [0.29, 0.717) is 4.88 Å². The molecule has 3 aromatic rings. The number of rotatable bonds is 5. The van der Waals surface area contributed by atoms with E-state index in [2.05, 4.69) is 5.32 Å². The molecule has 1 amide bonds. The van der Waals surface area contributed by atoms with Crippen molar-refractivity contribution >= 4 is 28.9 Å². The normalized spacial score (nSPS) is 10.5. The number of carbonyl (C=O) groups is 2. The maximum absolute atomic E-state index is 12.4. The number of hydrogen-bond donors (Lipinski definition) is 1. The number of esters is 1. The molecule has 0 bridgehead atoms. The van der Waals surface area contributed by atoms with Crippen LogP contribution in [0.25, 0.3) is 11.1 Å². The number of nitrogens with one attached hydrogen (secondary N) is 1. The number of carbonyl (C=O) groups excluding carboxylic acids is 2. The molecule has 5 heteroatoms. The molecule has 27 heavy (non-hydrogen) atoms. The van der Waals surface area contributed by atoms with Crippen molar-refractivity contribution in [3.63, 3.8) is 0 Å². The molecular weight excluding hydrogens is 358 g/mol. The monoisotopic (exact) mass is 379 g/mol. The van der Waals surface area contributed by atoms with Gasteiger partial charge in [-0.25, -0.2) is 4.79 Å². The van der Waals surface area contributed by atoms with Crippen LogP contribution >= 0.6 is 11.3 Å². The zero-order valence-electron chi connectivity index (χ0n) is 15.5. The van der Waals surface area contributed by atoms with E-state index in [1.807, 2.05) is 74.7 Å². The van der Waals surface area contributed by atoms with Crippen LogP contribution < -0.4 is 5.32 Å². The SMILES string of the molecule is Cc1cc(C)c(NC(=O)COC(=O)c2sccc2-c2ccccc2)c(C)c1. The summed E-state index contributed by atoms with van der Waals surface area (Å²) in [7, 11) is 0. The van der Waals surface area contributed by atoms with Crippen LogP contribution in [0.2, 0.25) is 0 Å². The van der Waals surface area contributed by atoms with Crippen molar-refractivity contribution in [1.82, 2.24) is 0 Å². The highest BCUT2D eigenvalue weighted by atomic mass is 32.1. The second-order valence-electron chi connectivity index (χ2n) is 6.43. The number of ether oxygens (including phenoxy) is 1. The van der Waals surface area contributed by atoms with Gasteiger partial charge in [-0.15, -0.1) is 11.3 Å². The molecule has 0 saturated heterocycles. The van der Waals surface area contributed by atoms with E-state index in [1.165, 1.54) is 11.3 Å². The summed E-state index contributed by atoms with van der Waals surface area (Å²) in [5.41, 5.74) is 5.63. The molecule has 0 radical (unpaired) electrons. The lowest BCUT2D eigenvalue weighted by atomic mass is 10.1. The molecule has 0 aliphatic carbocycles. The van der Waals surface area contributed by atoms with Gasteiger partial charge in [0.05, 0.1) is 0 Å². The minimum Gasteiger partial charge on any atom is -0.451 e. The second kappa shape index (κ2) is 8.18. The van der Waals surface area contributed by atoms with Gasteiger partial charge in [0.2, 0.25) is 0 Å². The summed E-state index contributed by atoms with van der Waals surface area (Å²) in [5, 5.41) is 4.69. The summed E-state index contributed by atoms with van der Waals surface area (Å²) in [5.74, 6) is -0.840. The average molecular weight is 379 g/mol. The largest absolute Gasteiger partial charge is 0.451 e. The van der Waals surface area contributed by atoms with Crippen LogP contribution in [0.1, 0.15) is 26.4 Å². The first-order valence-electron chi connectivity index (χ1n) is 8.63. The number of anilines is 1. The van der Waals surface area contributed by atoms with Crippen molar-refractivity contribution in [2.75, 3.05) is 11.9 Å². The minimum absolute atomic E-state index is 0.322. The Morgan fingerprint density at radius 1 is 1.00 bits per heavy atom. The van der Waals surface area contributed by atoms with Crippen molar-refractivity contribution in [3.05, 3.63) is 75.5 Å². The standard InChI is InChI=1S/C22H21NO3S/c1-14-11-15(2)20(16(3)12-14)23-19(24)13-26-22(25)21-18(9-10-27-21)17-7-5-4-6-8-17/h4-12H,13H2,1-3H3,(H,23,24). The maximum Gasteiger partial charge on any atom is 0.349 e. The van der Waals surface area contributed by atoms with E-state index in [1.54, 1.807) is 0 Å². The third kappa shape index (κ3) is 4.44.